The Morgan fingerprint density at radius 2 is 2.44 bits per heavy atom. The standard InChI is InChI=1S/C11H18N4O3/c1-2-4-13-5-6-14(11(13)12-15(16)17)8-10-3-7-18-9-10/h2,4,10H,3,5-9H2,1H3. The molecule has 1 atom stereocenters. The lowest BCUT2D eigenvalue weighted by molar-refractivity contribution is -0.486. The molecule has 0 aromatic rings. The Kier molecular flexibility index (Phi) is 4.14. The highest BCUT2D eigenvalue weighted by atomic mass is 16.7. The van der Waals surface area contributed by atoms with Crippen molar-refractivity contribution < 1.29 is 9.77 Å². The van der Waals surface area contributed by atoms with Crippen LogP contribution < -0.4 is 0 Å². The average Bonchev–Trinajstić information content (AvgIpc) is 2.93. The van der Waals surface area contributed by atoms with Crippen molar-refractivity contribution in [2.24, 2.45) is 11.0 Å². The Balaban J connectivity index is 2.06. The number of ether oxygens (including phenoxy) is 1. The van der Waals surface area contributed by atoms with Gasteiger partial charge in [-0.2, -0.15) is 0 Å². The molecule has 0 bridgehead atoms. The quantitative estimate of drug-likeness (QED) is 0.546. The van der Waals surface area contributed by atoms with Crippen LogP contribution in [0, 0.1) is 16.0 Å². The molecule has 0 aromatic carbocycles. The SMILES string of the molecule is CC=CN1CCN(CC2CCOC2)C1=N[N+](=O)[O-]. The normalized spacial score (nSPS) is 26.7. The van der Waals surface area contributed by atoms with Gasteiger partial charge in [-0.25, -0.2) is 10.1 Å². The van der Waals surface area contributed by atoms with Crippen LogP contribution in [0.15, 0.2) is 17.4 Å². The maximum Gasteiger partial charge on any atom is 0.278 e. The van der Waals surface area contributed by atoms with Gasteiger partial charge in [-0.15, -0.1) is 0 Å². The molecule has 0 N–H and O–H groups in total. The molecule has 0 aliphatic carbocycles. The Hall–Kier alpha value is -1.63. The van der Waals surface area contributed by atoms with Crippen molar-refractivity contribution in [3.05, 3.63) is 22.4 Å². The van der Waals surface area contributed by atoms with Gasteiger partial charge in [0.2, 0.25) is 0 Å². The van der Waals surface area contributed by atoms with Gasteiger partial charge in [0, 0.05) is 38.4 Å². The zero-order valence-electron chi connectivity index (χ0n) is 10.5. The predicted octanol–water partition coefficient (Wildman–Crippen LogP) is 0.722. The van der Waals surface area contributed by atoms with Crippen molar-refractivity contribution in [3.63, 3.8) is 0 Å². The fraction of sp³-hybridized carbons (Fsp3) is 0.727. The summed E-state index contributed by atoms with van der Waals surface area (Å²) in [5, 5.41) is 13.5. The van der Waals surface area contributed by atoms with E-state index in [1.165, 1.54) is 0 Å². The number of rotatable bonds is 4. The van der Waals surface area contributed by atoms with Gasteiger partial charge < -0.3 is 14.5 Å². The molecule has 100 valence electrons. The first-order chi connectivity index (χ1) is 8.70. The molecule has 0 radical (unpaired) electrons. The molecule has 18 heavy (non-hydrogen) atoms. The maximum atomic E-state index is 10.6. The molecule has 0 saturated carbocycles. The monoisotopic (exact) mass is 254 g/mol. The van der Waals surface area contributed by atoms with Crippen LogP contribution in [-0.4, -0.2) is 53.6 Å². The number of nitro groups is 1. The van der Waals surface area contributed by atoms with Crippen LogP contribution in [0.2, 0.25) is 0 Å². The second-order valence-corrected chi connectivity index (χ2v) is 4.49. The van der Waals surface area contributed by atoms with Crippen LogP contribution >= 0.6 is 0 Å². The summed E-state index contributed by atoms with van der Waals surface area (Å²) < 4.78 is 5.33. The lowest BCUT2D eigenvalue weighted by Gasteiger charge is -2.20. The third kappa shape index (κ3) is 2.98. The van der Waals surface area contributed by atoms with Crippen LogP contribution in [0.3, 0.4) is 0 Å². The number of hydrogen-bond donors (Lipinski definition) is 0. The van der Waals surface area contributed by atoms with Gasteiger partial charge in [0.1, 0.15) is 5.10 Å². The zero-order chi connectivity index (χ0) is 13.0. The van der Waals surface area contributed by atoms with Gasteiger partial charge >= 0.3 is 0 Å². The topological polar surface area (TPSA) is 71.2 Å². The van der Waals surface area contributed by atoms with Gasteiger partial charge in [0.25, 0.3) is 5.96 Å². The van der Waals surface area contributed by atoms with Crippen molar-refractivity contribution in [2.45, 2.75) is 13.3 Å². The Morgan fingerprint density at radius 3 is 3.06 bits per heavy atom. The lowest BCUT2D eigenvalue weighted by atomic mass is 10.1. The molecular formula is C11H18N4O3. The van der Waals surface area contributed by atoms with Crippen LogP contribution in [0.25, 0.3) is 0 Å². The molecule has 0 aromatic heterocycles. The van der Waals surface area contributed by atoms with Crippen LogP contribution in [-0.2, 0) is 4.74 Å². The van der Waals surface area contributed by atoms with E-state index < -0.39 is 5.03 Å². The Morgan fingerprint density at radius 1 is 1.61 bits per heavy atom. The van der Waals surface area contributed by atoms with E-state index in [0.29, 0.717) is 11.9 Å². The highest BCUT2D eigenvalue weighted by molar-refractivity contribution is 5.82. The van der Waals surface area contributed by atoms with E-state index in [0.717, 1.165) is 39.3 Å². The van der Waals surface area contributed by atoms with Gasteiger partial charge in [0.05, 0.1) is 6.61 Å². The van der Waals surface area contributed by atoms with Gasteiger partial charge in [-0.1, -0.05) is 6.08 Å². The summed E-state index contributed by atoms with van der Waals surface area (Å²) in [5.41, 5.74) is 0. The predicted molar refractivity (Wildman–Crippen MR) is 66.4 cm³/mol. The van der Waals surface area contributed by atoms with E-state index in [2.05, 4.69) is 5.10 Å². The van der Waals surface area contributed by atoms with Crippen molar-refractivity contribution in [1.29, 1.82) is 0 Å². The highest BCUT2D eigenvalue weighted by Crippen LogP contribution is 2.18. The summed E-state index contributed by atoms with van der Waals surface area (Å²) in [4.78, 5) is 14.4. The largest absolute Gasteiger partial charge is 0.381 e. The van der Waals surface area contributed by atoms with Crippen molar-refractivity contribution in [2.75, 3.05) is 32.8 Å². The lowest BCUT2D eigenvalue weighted by Crippen LogP contribution is -2.35. The first kappa shape index (κ1) is 12.8. The highest BCUT2D eigenvalue weighted by Gasteiger charge is 2.31. The average molecular weight is 254 g/mol. The van der Waals surface area contributed by atoms with E-state index in [-0.39, 0.29) is 0 Å². The summed E-state index contributed by atoms with van der Waals surface area (Å²) in [5.74, 6) is 0.887. The van der Waals surface area contributed by atoms with Gasteiger partial charge in [-0.3, -0.25) is 0 Å². The number of guanidine groups is 1. The van der Waals surface area contributed by atoms with E-state index in [9.17, 15) is 10.1 Å². The number of allylic oxidation sites excluding steroid dienone is 1. The molecule has 2 saturated heterocycles. The van der Waals surface area contributed by atoms with Crippen molar-refractivity contribution in [3.8, 4) is 0 Å². The third-order valence-corrected chi connectivity index (χ3v) is 3.15. The fourth-order valence-corrected chi connectivity index (χ4v) is 2.34. The van der Waals surface area contributed by atoms with Crippen LogP contribution in [0.1, 0.15) is 13.3 Å². The van der Waals surface area contributed by atoms with E-state index in [1.807, 2.05) is 29.0 Å². The van der Waals surface area contributed by atoms with Crippen molar-refractivity contribution >= 4 is 5.96 Å². The van der Waals surface area contributed by atoms with E-state index in [4.69, 9.17) is 4.74 Å². The fourth-order valence-electron chi connectivity index (χ4n) is 2.34. The second kappa shape index (κ2) is 5.81. The summed E-state index contributed by atoms with van der Waals surface area (Å²) >= 11 is 0. The molecule has 7 heteroatoms. The van der Waals surface area contributed by atoms with E-state index >= 15 is 0 Å². The molecule has 1 unspecified atom stereocenters. The molecule has 2 heterocycles. The van der Waals surface area contributed by atoms with Gasteiger partial charge in [0.15, 0.2) is 5.03 Å². The molecule has 2 aliphatic heterocycles. The first-order valence-corrected chi connectivity index (χ1v) is 6.16. The third-order valence-electron chi connectivity index (χ3n) is 3.15. The van der Waals surface area contributed by atoms with Crippen LogP contribution in [0.5, 0.6) is 0 Å². The summed E-state index contributed by atoms with van der Waals surface area (Å²) in [6.45, 7) is 5.71. The second-order valence-electron chi connectivity index (χ2n) is 4.49. The summed E-state index contributed by atoms with van der Waals surface area (Å²) in [6, 6.07) is 0. The Labute approximate surface area is 106 Å². The van der Waals surface area contributed by atoms with Crippen molar-refractivity contribution in [1.82, 2.24) is 9.80 Å². The molecule has 2 aliphatic rings. The molecule has 0 spiro atoms. The molecule has 2 fully saturated rings. The molecule has 0 amide bonds. The summed E-state index contributed by atoms with van der Waals surface area (Å²) in [6.07, 6.45) is 4.71. The molecule has 7 nitrogen and oxygen atoms in total. The minimum atomic E-state index is -0.630. The number of hydrazone groups is 1. The smallest absolute Gasteiger partial charge is 0.278 e. The Bertz CT molecular complexity index is 363. The first-order valence-electron chi connectivity index (χ1n) is 6.16. The van der Waals surface area contributed by atoms with E-state index in [1.54, 1.807) is 0 Å². The van der Waals surface area contributed by atoms with Gasteiger partial charge in [-0.05, 0) is 13.3 Å². The maximum absolute atomic E-state index is 10.6. The van der Waals surface area contributed by atoms with Crippen LogP contribution in [0.4, 0.5) is 0 Å². The molecule has 2 rings (SSSR count). The molecular weight excluding hydrogens is 236 g/mol. The number of nitrogens with zero attached hydrogens (tertiary/aromatic N) is 4. The zero-order valence-corrected chi connectivity index (χ0v) is 10.5. The minimum absolute atomic E-state index is 0.435. The number of hydrogen-bond acceptors (Lipinski definition) is 3. The summed E-state index contributed by atoms with van der Waals surface area (Å²) in [7, 11) is 0. The minimum Gasteiger partial charge on any atom is -0.381 e.